The predicted octanol–water partition coefficient (Wildman–Crippen LogP) is 7.35. The maximum atomic E-state index is 15.0. The summed E-state index contributed by atoms with van der Waals surface area (Å²) in [6.07, 6.45) is 11.6. The molecule has 71 heavy (non-hydrogen) atoms. The highest BCUT2D eigenvalue weighted by Crippen LogP contribution is 2.63. The molecule has 382 valence electrons. The number of ketones is 1. The number of amides is 1. The summed E-state index contributed by atoms with van der Waals surface area (Å²) < 4.78 is 6.70. The number of fused-ring (bicyclic) bond motifs is 7. The third-order valence-electron chi connectivity index (χ3n) is 16.4. The molecule has 0 radical (unpaired) electrons. The van der Waals surface area contributed by atoms with Gasteiger partial charge in [-0.05, 0) is 141 Å². The van der Waals surface area contributed by atoms with Crippen LogP contribution in [0.3, 0.4) is 0 Å². The zero-order valence-electron chi connectivity index (χ0n) is 41.9. The first-order valence-electron chi connectivity index (χ1n) is 26.0. The van der Waals surface area contributed by atoms with Crippen molar-refractivity contribution in [2.45, 2.75) is 153 Å². The zero-order chi connectivity index (χ0) is 50.3. The van der Waals surface area contributed by atoms with Gasteiger partial charge in [-0.15, -0.1) is 0 Å². The highest BCUT2D eigenvalue weighted by molar-refractivity contribution is 8.76. The zero-order valence-corrected chi connectivity index (χ0v) is 43.5. The molecule has 2 aliphatic carbocycles. The number of aliphatic hydroxyl groups excluding tert-OH is 3. The van der Waals surface area contributed by atoms with Crippen LogP contribution in [-0.4, -0.2) is 99.4 Å². The molecule has 2 aromatic rings. The van der Waals surface area contributed by atoms with Crippen LogP contribution in [0, 0.1) is 29.1 Å². The fourth-order valence-corrected chi connectivity index (χ4v) is 14.6. The molecule has 2 fully saturated rings. The van der Waals surface area contributed by atoms with Crippen LogP contribution >= 0.6 is 21.6 Å². The second-order valence-electron chi connectivity index (χ2n) is 20.9. The third-order valence-corrected chi connectivity index (χ3v) is 18.8. The van der Waals surface area contributed by atoms with E-state index in [2.05, 4.69) is 65.6 Å². The summed E-state index contributed by atoms with van der Waals surface area (Å²) in [4.78, 5) is 28.6. The van der Waals surface area contributed by atoms with Crippen LogP contribution in [0.1, 0.15) is 125 Å². The number of rotatable bonds is 3. The number of ether oxygens (including phenoxy) is 1. The van der Waals surface area contributed by atoms with E-state index in [9.17, 15) is 30.0 Å². The number of allylic oxidation sites excluding steroid dienone is 5. The quantitative estimate of drug-likeness (QED) is 0.0870. The molecule has 2 aromatic carbocycles. The molecule has 13 heteroatoms. The van der Waals surface area contributed by atoms with Gasteiger partial charge in [-0.2, -0.15) is 0 Å². The number of Topliss-reactive ketones (excluding diaryl/α,β-unsaturated/α-hetero) is 1. The Morgan fingerprint density at radius 1 is 1.00 bits per heavy atom. The Morgan fingerprint density at radius 3 is 2.65 bits per heavy atom. The Kier molecular flexibility index (Phi) is 18.1. The van der Waals surface area contributed by atoms with Crippen molar-refractivity contribution in [2.24, 2.45) is 23.0 Å². The van der Waals surface area contributed by atoms with Crippen LogP contribution in [0.15, 0.2) is 101 Å². The van der Waals surface area contributed by atoms with Crippen LogP contribution in [-0.2, 0) is 33.6 Å². The molecule has 4 aliphatic heterocycles. The van der Waals surface area contributed by atoms with E-state index in [1.807, 2.05) is 67.1 Å². The van der Waals surface area contributed by atoms with Crippen molar-refractivity contribution in [3.05, 3.63) is 129 Å². The van der Waals surface area contributed by atoms with E-state index in [4.69, 9.17) is 10.5 Å². The number of carbonyl (C=O) groups is 2. The van der Waals surface area contributed by atoms with Gasteiger partial charge in [-0.25, -0.2) is 0 Å². The smallest absolute Gasteiger partial charge is 0.243 e. The third kappa shape index (κ3) is 12.3. The van der Waals surface area contributed by atoms with Crippen molar-refractivity contribution in [1.82, 2.24) is 16.0 Å². The van der Waals surface area contributed by atoms with Gasteiger partial charge in [0, 0.05) is 48.3 Å². The number of carbonyl (C=O) groups excluding carboxylic acids is 2. The number of aryl methyl sites for hydroxylation is 1. The minimum Gasteiger partial charge on any atom is -0.393 e. The molecule has 4 bridgehead atoms. The van der Waals surface area contributed by atoms with Crippen LogP contribution in [0.25, 0.3) is 0 Å². The molecular formula is C58H76N4O7S2. The maximum Gasteiger partial charge on any atom is 0.243 e. The highest BCUT2D eigenvalue weighted by Gasteiger charge is 2.64. The van der Waals surface area contributed by atoms with Gasteiger partial charge in [0.1, 0.15) is 18.3 Å². The second kappa shape index (κ2) is 24.1. The van der Waals surface area contributed by atoms with Gasteiger partial charge in [-0.3, -0.25) is 14.9 Å². The summed E-state index contributed by atoms with van der Waals surface area (Å²) in [6, 6.07) is 12.9. The van der Waals surface area contributed by atoms with Crippen molar-refractivity contribution in [1.29, 1.82) is 0 Å². The summed E-state index contributed by atoms with van der Waals surface area (Å²) in [7, 11) is 3.63. The van der Waals surface area contributed by atoms with Gasteiger partial charge in [0.15, 0.2) is 5.78 Å². The normalized spacial score (nSPS) is 36.8. The molecule has 6 aliphatic rings. The predicted molar refractivity (Wildman–Crippen MR) is 286 cm³/mol. The number of benzene rings is 2. The van der Waals surface area contributed by atoms with Crippen molar-refractivity contribution >= 4 is 33.3 Å². The Balaban J connectivity index is 1.18. The van der Waals surface area contributed by atoms with E-state index in [0.717, 1.165) is 53.0 Å². The summed E-state index contributed by atoms with van der Waals surface area (Å²) in [6.45, 7) is 11.5. The lowest BCUT2D eigenvalue weighted by atomic mass is 9.52. The Hall–Kier alpha value is -3.78. The van der Waals surface area contributed by atoms with Gasteiger partial charge >= 0.3 is 0 Å². The number of hydrogen-bond acceptors (Lipinski definition) is 12. The average Bonchev–Trinajstić information content (AvgIpc) is 3.69. The monoisotopic (exact) mass is 1000 g/mol. The topological polar surface area (TPSA) is 186 Å². The van der Waals surface area contributed by atoms with E-state index < -0.39 is 47.5 Å². The Bertz CT molecular complexity index is 2470. The number of likely N-dealkylation sites (N-methyl/N-ethyl adjacent to an activating group) is 1. The molecule has 1 amide bonds. The minimum atomic E-state index is -1.32. The van der Waals surface area contributed by atoms with Crippen LogP contribution in [0.5, 0.6) is 0 Å². The maximum absolute atomic E-state index is 15.0. The summed E-state index contributed by atoms with van der Waals surface area (Å²) in [5.74, 6) is 7.33. The van der Waals surface area contributed by atoms with Gasteiger partial charge in [0.25, 0.3) is 0 Å². The molecule has 0 saturated heterocycles. The van der Waals surface area contributed by atoms with Crippen molar-refractivity contribution in [3.63, 3.8) is 0 Å². The summed E-state index contributed by atoms with van der Waals surface area (Å²) in [5.41, 5.74) is 12.9. The Morgan fingerprint density at radius 2 is 1.82 bits per heavy atom. The van der Waals surface area contributed by atoms with E-state index in [-0.39, 0.29) is 49.3 Å². The Labute approximate surface area is 429 Å². The number of nitrogens with two attached hydrogens (primary N) is 1. The number of hydrogen-bond donors (Lipinski definition) is 8. The lowest BCUT2D eigenvalue weighted by Crippen LogP contribution is -2.59. The fraction of sp³-hybridized carbons (Fsp3) is 0.552. The average molecular weight is 1010 g/mol. The lowest BCUT2D eigenvalue weighted by molar-refractivity contribution is -0.168. The van der Waals surface area contributed by atoms with Crippen LogP contribution in [0.4, 0.5) is 0 Å². The van der Waals surface area contributed by atoms with Crippen LogP contribution in [0.2, 0.25) is 0 Å². The van der Waals surface area contributed by atoms with Gasteiger partial charge < -0.3 is 41.5 Å². The first kappa shape index (κ1) is 53.5. The second-order valence-corrected chi connectivity index (χ2v) is 23.6. The van der Waals surface area contributed by atoms with E-state index in [1.54, 1.807) is 10.8 Å². The van der Waals surface area contributed by atoms with Gasteiger partial charge in [0.05, 0.1) is 30.5 Å². The van der Waals surface area contributed by atoms with Gasteiger partial charge in [0.2, 0.25) is 5.91 Å². The van der Waals surface area contributed by atoms with Crippen molar-refractivity contribution in [2.75, 3.05) is 31.2 Å². The summed E-state index contributed by atoms with van der Waals surface area (Å²) >= 11 is 0. The molecular weight excluding hydrogens is 929 g/mol. The first-order valence-corrected chi connectivity index (χ1v) is 28.5. The standard InChI is InChI=1S/C58H76N4O7S2/c1-5-60-50-23-19-38-11-8-16-45(35-71-70-29-26-38)69-34-42(15-6-10-36(50)2)47-25-28-58(54(47)66)49-22-21-43(63)31-40-13-7-12-39(30-40)18-20-44(64)33-61-53-52-41(14-9-17-48(52)55(59)62-56(53)67)32-51(65)37(3)46(49)24-27-57(58,4)68/h6-7,9-10,12-15,17,19,30,43-45,47,49-50,53-55,60-61,63-64,66,68H,2,5,11,18,20-29,31-35,59H2,1,3-4H3,(H,62,67)/b10-6+,38-19+,42-15-,46-37+/t43-,44+,45+,47+,49+,50+,53+,54+,55+,57+,58+/m0/s1. The van der Waals surface area contributed by atoms with Gasteiger partial charge in [-0.1, -0.05) is 125 Å². The molecule has 0 unspecified atom stereocenters. The molecule has 1 spiro atoms. The molecule has 11 nitrogen and oxygen atoms in total. The van der Waals surface area contributed by atoms with E-state index >= 15 is 0 Å². The summed E-state index contributed by atoms with van der Waals surface area (Å²) in [5, 5.41) is 59.0. The largest absolute Gasteiger partial charge is 0.393 e. The number of β-amino-alcohol motifs (C(OH)–C–C–N with tert-alkyl or cyclic N) is 1. The van der Waals surface area contributed by atoms with E-state index in [1.165, 1.54) is 5.57 Å². The molecule has 0 aromatic heterocycles. The van der Waals surface area contributed by atoms with Crippen LogP contribution < -0.4 is 21.7 Å². The molecule has 2 saturated carbocycles. The highest BCUT2D eigenvalue weighted by atomic mass is 33.1. The molecule has 9 N–H and O–H groups in total. The van der Waals surface area contributed by atoms with Crippen molar-refractivity contribution in [3.8, 4) is 11.8 Å². The van der Waals surface area contributed by atoms with E-state index in [0.29, 0.717) is 92.2 Å². The fourth-order valence-electron chi connectivity index (χ4n) is 12.4. The number of aliphatic hydroxyl groups is 4. The number of nitrogens with one attached hydrogen (secondary N) is 3. The molecule has 4 heterocycles. The SMILES string of the molecule is C=C1/C=C/C=C(\[C@H]2CC[C@@]3([C@@H]4CC[C@H](O)Cc5cccc(c5)CC[C@@H](O)CN[C@H]5C(=O)N[C@@H](N)c6cccc(c65)CC(=O)/C(C)=C/4CC[C@@]3(C)O)[C@@H]2O)CO[C@@H]2C#CC/C(=C\C[C@H]1NCC)CCSSC2. The lowest BCUT2D eigenvalue weighted by Gasteiger charge is -2.56. The molecule has 11 atom stereocenters. The van der Waals surface area contributed by atoms with Crippen molar-refractivity contribution < 1.29 is 34.8 Å². The minimum absolute atomic E-state index is 0.00646. The molecule has 8 rings (SSSR count). The first-order chi connectivity index (χ1) is 34.2.